The van der Waals surface area contributed by atoms with Crippen molar-refractivity contribution in [1.82, 2.24) is 20.0 Å². The number of piperidine rings is 1. The Labute approximate surface area is 150 Å². The first-order valence-electron chi connectivity index (χ1n) is 9.07. The topological polar surface area (TPSA) is 50.2 Å². The summed E-state index contributed by atoms with van der Waals surface area (Å²) in [5.41, 5.74) is 3.08. The Morgan fingerprint density at radius 1 is 1.20 bits per heavy atom. The van der Waals surface area contributed by atoms with Crippen LogP contribution in [0.4, 0.5) is 0 Å². The minimum absolute atomic E-state index is 0.0804. The highest BCUT2D eigenvalue weighted by Crippen LogP contribution is 2.23. The summed E-state index contributed by atoms with van der Waals surface area (Å²) in [4.78, 5) is 14.8. The molecule has 1 aromatic carbocycles. The van der Waals surface area contributed by atoms with Crippen LogP contribution >= 0.6 is 0 Å². The third kappa shape index (κ3) is 4.69. The zero-order chi connectivity index (χ0) is 17.8. The quantitative estimate of drug-likeness (QED) is 0.910. The van der Waals surface area contributed by atoms with Gasteiger partial charge in [-0.25, -0.2) is 0 Å². The van der Waals surface area contributed by atoms with Crippen LogP contribution in [-0.2, 0) is 20.1 Å². The van der Waals surface area contributed by atoms with Crippen LogP contribution in [-0.4, -0.2) is 33.7 Å². The molecule has 0 saturated carbocycles. The number of hydrogen-bond acceptors (Lipinski definition) is 3. The van der Waals surface area contributed by atoms with E-state index in [2.05, 4.69) is 47.4 Å². The summed E-state index contributed by atoms with van der Waals surface area (Å²) in [6.07, 6.45) is 4.65. The van der Waals surface area contributed by atoms with E-state index >= 15 is 0 Å². The molecule has 0 unspecified atom stereocenters. The summed E-state index contributed by atoms with van der Waals surface area (Å²) in [7, 11) is 1.81. The lowest BCUT2D eigenvalue weighted by molar-refractivity contribution is 0.0950. The highest BCUT2D eigenvalue weighted by molar-refractivity contribution is 5.93. The summed E-state index contributed by atoms with van der Waals surface area (Å²) in [5, 5.41) is 7.06. The lowest BCUT2D eigenvalue weighted by Crippen LogP contribution is -2.38. The van der Waals surface area contributed by atoms with E-state index in [1.54, 1.807) is 17.1 Å². The number of nitrogens with zero attached hydrogens (tertiary/aromatic N) is 3. The van der Waals surface area contributed by atoms with Gasteiger partial charge in [-0.3, -0.25) is 14.4 Å². The number of aryl methyl sites for hydroxylation is 1. The fraction of sp³-hybridized carbons (Fsp3) is 0.500. The number of likely N-dealkylation sites (tertiary alicyclic amines) is 1. The van der Waals surface area contributed by atoms with Crippen LogP contribution in [0.3, 0.4) is 0 Å². The van der Waals surface area contributed by atoms with Crippen LogP contribution in [0.2, 0.25) is 0 Å². The molecule has 2 aromatic rings. The average molecular weight is 340 g/mol. The van der Waals surface area contributed by atoms with E-state index in [0.29, 0.717) is 12.1 Å². The molecule has 0 spiro atoms. The molecule has 25 heavy (non-hydrogen) atoms. The van der Waals surface area contributed by atoms with Gasteiger partial charge in [0.2, 0.25) is 0 Å². The zero-order valence-electron chi connectivity index (χ0n) is 15.4. The molecule has 3 rings (SSSR count). The second-order valence-electron chi connectivity index (χ2n) is 7.49. The molecule has 1 saturated heterocycles. The predicted molar refractivity (Wildman–Crippen MR) is 99.0 cm³/mol. The highest BCUT2D eigenvalue weighted by Gasteiger charge is 2.22. The number of benzene rings is 1. The average Bonchev–Trinajstić information content (AvgIpc) is 2.99. The number of hydrogen-bond donors (Lipinski definition) is 1. The maximum absolute atomic E-state index is 12.2. The van der Waals surface area contributed by atoms with Gasteiger partial charge >= 0.3 is 0 Å². The normalized spacial score (nSPS) is 21.2. The van der Waals surface area contributed by atoms with Gasteiger partial charge < -0.3 is 5.32 Å². The van der Waals surface area contributed by atoms with Gasteiger partial charge in [0, 0.05) is 39.4 Å². The summed E-state index contributed by atoms with van der Waals surface area (Å²) < 4.78 is 1.64. The van der Waals surface area contributed by atoms with E-state index in [1.807, 2.05) is 13.1 Å². The van der Waals surface area contributed by atoms with E-state index in [0.717, 1.165) is 31.5 Å². The number of rotatable bonds is 5. The third-order valence-corrected chi connectivity index (χ3v) is 4.86. The Bertz CT molecular complexity index is 714. The van der Waals surface area contributed by atoms with Crippen molar-refractivity contribution >= 4 is 5.91 Å². The Kier molecular flexibility index (Phi) is 5.53. The van der Waals surface area contributed by atoms with Crippen LogP contribution in [0, 0.1) is 11.8 Å². The molecule has 1 fully saturated rings. The highest BCUT2D eigenvalue weighted by atomic mass is 16.1. The van der Waals surface area contributed by atoms with Crippen LogP contribution < -0.4 is 5.32 Å². The van der Waals surface area contributed by atoms with Crippen molar-refractivity contribution in [2.24, 2.45) is 18.9 Å². The number of aromatic nitrogens is 2. The molecule has 5 heteroatoms. The van der Waals surface area contributed by atoms with Gasteiger partial charge in [-0.2, -0.15) is 5.10 Å². The van der Waals surface area contributed by atoms with E-state index in [9.17, 15) is 4.79 Å². The maximum atomic E-state index is 12.2. The van der Waals surface area contributed by atoms with Crippen molar-refractivity contribution in [3.63, 3.8) is 0 Å². The standard InChI is InChI=1S/C20H28N4O/c1-15-8-16(2)12-24(11-15)14-18-7-5-4-6-17(18)9-21-20(25)19-10-22-23(3)13-19/h4-7,10,13,15-16H,8-9,11-12,14H2,1-3H3,(H,21,25)/t15-,16-/m1/s1. The monoisotopic (exact) mass is 340 g/mol. The molecule has 1 aliphatic heterocycles. The van der Waals surface area contributed by atoms with Crippen LogP contribution in [0.5, 0.6) is 0 Å². The summed E-state index contributed by atoms with van der Waals surface area (Å²) in [6, 6.07) is 8.40. The number of amides is 1. The Morgan fingerprint density at radius 3 is 2.52 bits per heavy atom. The van der Waals surface area contributed by atoms with Gasteiger partial charge in [0.15, 0.2) is 0 Å². The Balaban J connectivity index is 1.63. The second kappa shape index (κ2) is 7.83. The van der Waals surface area contributed by atoms with Crippen LogP contribution in [0.1, 0.15) is 41.8 Å². The van der Waals surface area contributed by atoms with E-state index in [1.165, 1.54) is 17.5 Å². The fourth-order valence-electron chi connectivity index (χ4n) is 3.86. The van der Waals surface area contributed by atoms with Crippen molar-refractivity contribution in [2.75, 3.05) is 13.1 Å². The maximum Gasteiger partial charge on any atom is 0.254 e. The predicted octanol–water partition coefficient (Wildman–Crippen LogP) is 2.83. The molecule has 0 bridgehead atoms. The van der Waals surface area contributed by atoms with Crippen LogP contribution in [0.25, 0.3) is 0 Å². The first-order valence-corrected chi connectivity index (χ1v) is 9.07. The largest absolute Gasteiger partial charge is 0.348 e. The Hall–Kier alpha value is -2.14. The van der Waals surface area contributed by atoms with E-state index in [-0.39, 0.29) is 5.91 Å². The second-order valence-corrected chi connectivity index (χ2v) is 7.49. The molecule has 2 heterocycles. The molecule has 5 nitrogen and oxygen atoms in total. The van der Waals surface area contributed by atoms with Gasteiger partial charge in [-0.15, -0.1) is 0 Å². The molecule has 1 N–H and O–H groups in total. The lowest BCUT2D eigenvalue weighted by Gasteiger charge is -2.35. The first-order chi connectivity index (χ1) is 12.0. The van der Waals surface area contributed by atoms with E-state index in [4.69, 9.17) is 0 Å². The van der Waals surface area contributed by atoms with Gasteiger partial charge in [0.1, 0.15) is 0 Å². The first kappa shape index (κ1) is 17.7. The molecule has 0 aliphatic carbocycles. The summed E-state index contributed by atoms with van der Waals surface area (Å²) >= 11 is 0. The van der Waals surface area contributed by atoms with Crippen molar-refractivity contribution < 1.29 is 4.79 Å². The number of carbonyl (C=O) groups excluding carboxylic acids is 1. The van der Waals surface area contributed by atoms with Gasteiger partial charge in [0.25, 0.3) is 5.91 Å². The van der Waals surface area contributed by atoms with Crippen molar-refractivity contribution in [3.05, 3.63) is 53.3 Å². The lowest BCUT2D eigenvalue weighted by atomic mass is 9.91. The Morgan fingerprint density at radius 2 is 1.88 bits per heavy atom. The number of nitrogens with one attached hydrogen (secondary N) is 1. The van der Waals surface area contributed by atoms with E-state index < -0.39 is 0 Å². The minimum atomic E-state index is -0.0804. The molecule has 1 aliphatic rings. The molecule has 0 radical (unpaired) electrons. The third-order valence-electron chi connectivity index (χ3n) is 4.86. The minimum Gasteiger partial charge on any atom is -0.348 e. The molecular weight excluding hydrogens is 312 g/mol. The van der Waals surface area contributed by atoms with Gasteiger partial charge in [-0.1, -0.05) is 38.1 Å². The van der Waals surface area contributed by atoms with Crippen molar-refractivity contribution in [1.29, 1.82) is 0 Å². The SMILES string of the molecule is C[C@@H]1C[C@@H](C)CN(Cc2ccccc2CNC(=O)c2cnn(C)c2)C1. The molecular formula is C20H28N4O. The molecule has 1 amide bonds. The smallest absolute Gasteiger partial charge is 0.254 e. The van der Waals surface area contributed by atoms with Crippen LogP contribution in [0.15, 0.2) is 36.7 Å². The zero-order valence-corrected chi connectivity index (χ0v) is 15.4. The molecule has 134 valence electrons. The summed E-state index contributed by atoms with van der Waals surface area (Å²) in [6.45, 7) is 8.48. The van der Waals surface area contributed by atoms with Crippen molar-refractivity contribution in [2.45, 2.75) is 33.4 Å². The molecule has 1 aromatic heterocycles. The van der Waals surface area contributed by atoms with Gasteiger partial charge in [0.05, 0.1) is 11.8 Å². The fourth-order valence-corrected chi connectivity index (χ4v) is 3.86. The van der Waals surface area contributed by atoms with Crippen molar-refractivity contribution in [3.8, 4) is 0 Å². The van der Waals surface area contributed by atoms with Gasteiger partial charge in [-0.05, 0) is 29.4 Å². The summed E-state index contributed by atoms with van der Waals surface area (Å²) in [5.74, 6) is 1.42. The number of carbonyl (C=O) groups is 1. The molecule has 2 atom stereocenters.